The van der Waals surface area contributed by atoms with Crippen LogP contribution in [0.5, 0.6) is 17.2 Å². The van der Waals surface area contributed by atoms with E-state index in [0.717, 1.165) is 52.2 Å². The van der Waals surface area contributed by atoms with E-state index in [-0.39, 0.29) is 11.2 Å². The van der Waals surface area contributed by atoms with Crippen molar-refractivity contribution in [3.63, 3.8) is 0 Å². The van der Waals surface area contributed by atoms with Crippen molar-refractivity contribution in [2.75, 3.05) is 6.61 Å². The minimum atomic E-state index is -0.818. The molecule has 2 aliphatic heterocycles. The summed E-state index contributed by atoms with van der Waals surface area (Å²) >= 11 is 1.23. The van der Waals surface area contributed by atoms with E-state index in [9.17, 15) is 15.0 Å². The summed E-state index contributed by atoms with van der Waals surface area (Å²) < 4.78 is 12.5. The molecule has 0 spiro atoms. The van der Waals surface area contributed by atoms with Gasteiger partial charge in [-0.3, -0.25) is 4.79 Å². The molecule has 31 heavy (non-hydrogen) atoms. The third-order valence-corrected chi connectivity index (χ3v) is 7.42. The van der Waals surface area contributed by atoms with Crippen LogP contribution in [0.4, 0.5) is 0 Å². The zero-order chi connectivity index (χ0) is 22.3. The normalized spacial score (nSPS) is 25.0. The lowest BCUT2D eigenvalue weighted by Crippen LogP contribution is -2.42. The van der Waals surface area contributed by atoms with Gasteiger partial charge in [-0.15, -0.1) is 0 Å². The number of aliphatic hydroxyl groups excluding tert-OH is 1. The molecule has 1 fully saturated rings. The molecule has 0 aliphatic carbocycles. The second-order valence-electron chi connectivity index (χ2n) is 8.71. The van der Waals surface area contributed by atoms with E-state index in [1.165, 1.54) is 11.8 Å². The van der Waals surface area contributed by atoms with Crippen molar-refractivity contribution in [2.45, 2.75) is 63.4 Å². The minimum Gasteiger partial charge on any atom is -0.507 e. The monoisotopic (exact) mass is 443 g/mol. The Labute approximate surface area is 187 Å². The molecule has 166 valence electrons. The molecule has 1 saturated heterocycles. The van der Waals surface area contributed by atoms with Gasteiger partial charge in [0.15, 0.2) is 5.56 Å². The van der Waals surface area contributed by atoms with Gasteiger partial charge in [0.25, 0.3) is 0 Å². The fourth-order valence-corrected chi connectivity index (χ4v) is 5.15. The summed E-state index contributed by atoms with van der Waals surface area (Å²) in [5, 5.41) is 22.1. The van der Waals surface area contributed by atoms with Gasteiger partial charge in [-0.2, -0.15) is 0 Å². The minimum absolute atomic E-state index is 0.130. The molecule has 4 rings (SSSR count). The van der Waals surface area contributed by atoms with Gasteiger partial charge < -0.3 is 25.0 Å². The summed E-state index contributed by atoms with van der Waals surface area (Å²) in [6.45, 7) is 8.32. The number of rotatable bonds is 5. The maximum atomic E-state index is 11.8. The van der Waals surface area contributed by atoms with Crippen LogP contribution in [0.2, 0.25) is 0 Å². The van der Waals surface area contributed by atoms with Crippen LogP contribution in [0.15, 0.2) is 24.3 Å². The van der Waals surface area contributed by atoms with Crippen molar-refractivity contribution >= 4 is 17.7 Å². The first kappa shape index (κ1) is 21.8. The lowest BCUT2D eigenvalue weighted by Gasteiger charge is -2.37. The number of phenols is 1. The van der Waals surface area contributed by atoms with Gasteiger partial charge in [-0.05, 0) is 81.3 Å². The van der Waals surface area contributed by atoms with Crippen molar-refractivity contribution in [3.05, 3.63) is 52.1 Å². The fourth-order valence-electron chi connectivity index (χ4n) is 4.18. The molecule has 3 unspecified atom stereocenters. The molecule has 2 heterocycles. The Balaban J connectivity index is 1.40. The number of carbonyl (C=O) groups excluding carboxylic acids is 1. The van der Waals surface area contributed by atoms with Crippen LogP contribution < -0.4 is 14.8 Å². The molecule has 0 aromatic heterocycles. The Hall–Kier alpha value is -2.38. The Kier molecular flexibility index (Phi) is 5.83. The zero-order valence-electron chi connectivity index (χ0n) is 18.3. The Morgan fingerprint density at radius 1 is 1.19 bits per heavy atom. The van der Waals surface area contributed by atoms with E-state index in [1.807, 2.05) is 45.0 Å². The van der Waals surface area contributed by atoms with Gasteiger partial charge in [-0.1, -0.05) is 23.9 Å². The number of nitrogens with one attached hydrogen (secondary N) is 1. The number of aromatic hydroxyl groups is 1. The second kappa shape index (κ2) is 8.28. The van der Waals surface area contributed by atoms with Crippen molar-refractivity contribution in [1.82, 2.24) is 5.32 Å². The molecule has 6 nitrogen and oxygen atoms in total. The number of fused-ring (bicyclic) bond motifs is 1. The molecule has 0 radical (unpaired) electrons. The largest absolute Gasteiger partial charge is 0.507 e. The molecule has 0 bridgehead atoms. The number of phenolic OH excluding ortho intramolecular Hbond substituents is 1. The van der Waals surface area contributed by atoms with Crippen LogP contribution in [-0.2, 0) is 17.6 Å². The highest BCUT2D eigenvalue weighted by molar-refractivity contribution is 8.01. The topological polar surface area (TPSA) is 88.0 Å². The van der Waals surface area contributed by atoms with E-state index in [1.54, 1.807) is 0 Å². The van der Waals surface area contributed by atoms with Crippen molar-refractivity contribution in [2.24, 2.45) is 0 Å². The standard InChI is InChI=1S/C24H29NO5S/c1-13-14(2)21-18(15(3)20(13)26)9-10-24(4,30-21)12-29-17-7-5-16(6-8-17)11-19-22(27)25-23(28)31-19/h5-8,19,23,26,28H,9-12H2,1-4H3,(H,25,27). The number of hydrogen-bond donors (Lipinski definition) is 3. The average molecular weight is 444 g/mol. The van der Waals surface area contributed by atoms with Gasteiger partial charge >= 0.3 is 0 Å². The first-order valence-electron chi connectivity index (χ1n) is 10.5. The highest BCUT2D eigenvalue weighted by Gasteiger charge is 2.35. The fraction of sp³-hybridized carbons (Fsp3) is 0.458. The summed E-state index contributed by atoms with van der Waals surface area (Å²) in [6.07, 6.45) is 2.20. The summed E-state index contributed by atoms with van der Waals surface area (Å²) in [7, 11) is 0. The van der Waals surface area contributed by atoms with Crippen LogP contribution in [0.1, 0.15) is 41.2 Å². The number of benzene rings is 2. The third kappa shape index (κ3) is 4.34. The second-order valence-corrected chi connectivity index (χ2v) is 9.99. The van der Waals surface area contributed by atoms with E-state index in [2.05, 4.69) is 12.2 Å². The number of aliphatic hydroxyl groups is 1. The molecule has 2 aliphatic rings. The summed E-state index contributed by atoms with van der Waals surface area (Å²) in [5.41, 5.74) is 3.57. The molecule has 2 aromatic rings. The third-order valence-electron chi connectivity index (χ3n) is 6.33. The molecule has 1 amide bonds. The number of carbonyl (C=O) groups is 1. The van der Waals surface area contributed by atoms with Gasteiger partial charge in [0.2, 0.25) is 5.91 Å². The lowest BCUT2D eigenvalue weighted by molar-refractivity contribution is -0.121. The van der Waals surface area contributed by atoms with Crippen molar-refractivity contribution in [3.8, 4) is 17.2 Å². The molecule has 2 aromatic carbocycles. The van der Waals surface area contributed by atoms with Crippen LogP contribution in [0, 0.1) is 20.8 Å². The maximum absolute atomic E-state index is 11.8. The molecule has 3 atom stereocenters. The van der Waals surface area contributed by atoms with Crippen LogP contribution >= 0.6 is 11.8 Å². The molecule has 0 saturated carbocycles. The predicted octanol–water partition coefficient (Wildman–Crippen LogP) is 3.53. The number of thioether (sulfide) groups is 1. The van der Waals surface area contributed by atoms with Crippen molar-refractivity contribution in [1.29, 1.82) is 0 Å². The van der Waals surface area contributed by atoms with Crippen LogP contribution in [-0.4, -0.2) is 39.1 Å². The maximum Gasteiger partial charge on any atom is 0.236 e. The summed E-state index contributed by atoms with van der Waals surface area (Å²) in [5.74, 6) is 1.85. The van der Waals surface area contributed by atoms with E-state index >= 15 is 0 Å². The Morgan fingerprint density at radius 3 is 2.55 bits per heavy atom. The highest BCUT2D eigenvalue weighted by Crippen LogP contribution is 2.43. The van der Waals surface area contributed by atoms with Crippen LogP contribution in [0.25, 0.3) is 0 Å². The van der Waals surface area contributed by atoms with Crippen molar-refractivity contribution < 1.29 is 24.5 Å². The average Bonchev–Trinajstić information content (AvgIpc) is 3.06. The quantitative estimate of drug-likeness (QED) is 0.655. The Bertz CT molecular complexity index is 1010. The zero-order valence-corrected chi connectivity index (χ0v) is 19.1. The first-order valence-corrected chi connectivity index (χ1v) is 11.5. The number of amides is 1. The number of hydrogen-bond acceptors (Lipinski definition) is 6. The van der Waals surface area contributed by atoms with E-state index in [4.69, 9.17) is 9.47 Å². The Morgan fingerprint density at radius 2 is 1.90 bits per heavy atom. The smallest absolute Gasteiger partial charge is 0.236 e. The first-order chi connectivity index (χ1) is 14.7. The lowest BCUT2D eigenvalue weighted by atomic mass is 9.87. The van der Waals surface area contributed by atoms with E-state index < -0.39 is 11.2 Å². The molecular formula is C24H29NO5S. The SMILES string of the molecule is Cc1c(C)c2c(c(C)c1O)CCC(C)(COc1ccc(CC3SC(O)NC3=O)cc1)O2. The van der Waals surface area contributed by atoms with Gasteiger partial charge in [0.05, 0.1) is 5.25 Å². The molecular weight excluding hydrogens is 414 g/mol. The molecule has 7 heteroatoms. The summed E-state index contributed by atoms with van der Waals surface area (Å²) in [4.78, 5) is 11.8. The van der Waals surface area contributed by atoms with Gasteiger partial charge in [-0.25, -0.2) is 0 Å². The summed E-state index contributed by atoms with van der Waals surface area (Å²) in [6, 6.07) is 7.71. The van der Waals surface area contributed by atoms with Crippen LogP contribution in [0.3, 0.4) is 0 Å². The highest BCUT2D eigenvalue weighted by atomic mass is 32.2. The number of ether oxygens (including phenoxy) is 2. The van der Waals surface area contributed by atoms with Gasteiger partial charge in [0, 0.05) is 5.56 Å². The predicted molar refractivity (Wildman–Crippen MR) is 121 cm³/mol. The van der Waals surface area contributed by atoms with Gasteiger partial charge in [0.1, 0.15) is 29.5 Å². The van der Waals surface area contributed by atoms with E-state index in [0.29, 0.717) is 18.8 Å². The molecule has 3 N–H and O–H groups in total.